The highest BCUT2D eigenvalue weighted by Gasteiger charge is 2.31. The molecule has 2 amide bonds. The average Bonchev–Trinajstić information content (AvgIpc) is 2.94. The molecular formula is C30H35N3O6. The number of carbonyl (C=O) groups excluding carboxylic acids is 2. The highest BCUT2D eigenvalue weighted by molar-refractivity contribution is 5.88. The third kappa shape index (κ3) is 8.04. The molecule has 1 N–H and O–H groups in total. The molecular weight excluding hydrogens is 498 g/mol. The van der Waals surface area contributed by atoms with Gasteiger partial charge in [0.05, 0.1) is 12.0 Å². The second-order valence-corrected chi connectivity index (χ2v) is 9.35. The molecule has 9 nitrogen and oxygen atoms in total. The van der Waals surface area contributed by atoms with Crippen molar-refractivity contribution >= 4 is 17.5 Å². The summed E-state index contributed by atoms with van der Waals surface area (Å²) in [4.78, 5) is 39.5. The number of hydrogen-bond acceptors (Lipinski definition) is 6. The fourth-order valence-corrected chi connectivity index (χ4v) is 4.09. The standard InChI is InChI=1S/C30H35N3O6/c1-5-22(3)31-30(35)27(17-23-12-7-6-8-13-23)32(19-24-14-10-9-11-21(24)2)29(34)20-39-25-15-16-26(33(36)37)28(18-25)38-4/h6-16,18,22,27H,5,17,19-20H2,1-4H3,(H,31,35)/t22-,27+/m1/s1. The highest BCUT2D eigenvalue weighted by atomic mass is 16.6. The van der Waals surface area contributed by atoms with Crippen molar-refractivity contribution in [1.29, 1.82) is 0 Å². The van der Waals surface area contributed by atoms with Gasteiger partial charge in [0.15, 0.2) is 6.61 Å². The Kier molecular flexibility index (Phi) is 10.4. The number of rotatable bonds is 13. The molecule has 2 atom stereocenters. The molecule has 0 bridgehead atoms. The first kappa shape index (κ1) is 29.2. The first-order valence-corrected chi connectivity index (χ1v) is 12.9. The molecule has 0 aliphatic carbocycles. The van der Waals surface area contributed by atoms with Gasteiger partial charge in [-0.3, -0.25) is 19.7 Å². The highest BCUT2D eigenvalue weighted by Crippen LogP contribution is 2.31. The summed E-state index contributed by atoms with van der Waals surface area (Å²) in [6.07, 6.45) is 1.08. The Morgan fingerprint density at radius 2 is 1.74 bits per heavy atom. The molecule has 0 heterocycles. The molecule has 9 heteroatoms. The zero-order valence-electron chi connectivity index (χ0n) is 22.8. The van der Waals surface area contributed by atoms with E-state index in [0.717, 1.165) is 23.1 Å². The van der Waals surface area contributed by atoms with Crippen molar-refractivity contribution in [3.63, 3.8) is 0 Å². The van der Waals surface area contributed by atoms with Gasteiger partial charge >= 0.3 is 5.69 Å². The van der Waals surface area contributed by atoms with Crippen LogP contribution in [0, 0.1) is 17.0 Å². The maximum atomic E-state index is 13.7. The van der Waals surface area contributed by atoms with Crippen LogP contribution in [0.1, 0.15) is 37.0 Å². The number of nitro groups is 1. The number of benzene rings is 3. The van der Waals surface area contributed by atoms with Crippen molar-refractivity contribution in [1.82, 2.24) is 10.2 Å². The normalized spacial score (nSPS) is 12.2. The van der Waals surface area contributed by atoms with E-state index in [-0.39, 0.29) is 42.3 Å². The SMILES string of the molecule is CC[C@@H](C)NC(=O)[C@H](Cc1ccccc1)N(Cc1ccccc1C)C(=O)COc1ccc([N+](=O)[O-])c(OC)c1. The van der Waals surface area contributed by atoms with Gasteiger partial charge in [-0.05, 0) is 43.0 Å². The van der Waals surface area contributed by atoms with Crippen molar-refractivity contribution in [2.45, 2.75) is 52.2 Å². The molecule has 0 spiro atoms. The summed E-state index contributed by atoms with van der Waals surface area (Å²) >= 11 is 0. The average molecular weight is 534 g/mol. The summed E-state index contributed by atoms with van der Waals surface area (Å²) in [7, 11) is 1.32. The second kappa shape index (κ2) is 13.9. The Labute approximate surface area is 228 Å². The number of nitro benzene ring substituents is 1. The molecule has 0 unspecified atom stereocenters. The summed E-state index contributed by atoms with van der Waals surface area (Å²) in [6.45, 7) is 5.72. The van der Waals surface area contributed by atoms with Crippen molar-refractivity contribution in [3.8, 4) is 11.5 Å². The van der Waals surface area contributed by atoms with Gasteiger partial charge in [0.2, 0.25) is 11.7 Å². The number of amides is 2. The van der Waals surface area contributed by atoms with Crippen LogP contribution in [0.25, 0.3) is 0 Å². The van der Waals surface area contributed by atoms with Crippen molar-refractivity contribution in [3.05, 3.63) is 99.6 Å². The lowest BCUT2D eigenvalue weighted by Crippen LogP contribution is -2.53. The van der Waals surface area contributed by atoms with Crippen LogP contribution in [0.15, 0.2) is 72.8 Å². The van der Waals surface area contributed by atoms with Crippen molar-refractivity contribution in [2.75, 3.05) is 13.7 Å². The third-order valence-corrected chi connectivity index (χ3v) is 6.58. The molecule has 0 aromatic heterocycles. The molecule has 0 saturated carbocycles. The van der Waals surface area contributed by atoms with Crippen LogP contribution in [0.5, 0.6) is 11.5 Å². The Morgan fingerprint density at radius 1 is 1.05 bits per heavy atom. The quantitative estimate of drug-likeness (QED) is 0.249. The van der Waals surface area contributed by atoms with E-state index < -0.39 is 16.9 Å². The molecule has 3 aromatic rings. The fourth-order valence-electron chi connectivity index (χ4n) is 4.09. The molecule has 0 radical (unpaired) electrons. The van der Waals surface area contributed by atoms with E-state index in [0.29, 0.717) is 6.42 Å². The number of carbonyl (C=O) groups is 2. The summed E-state index contributed by atoms with van der Waals surface area (Å²) < 4.78 is 10.9. The topological polar surface area (TPSA) is 111 Å². The molecule has 0 aliphatic rings. The predicted octanol–water partition coefficient (Wildman–Crippen LogP) is 4.85. The van der Waals surface area contributed by atoms with E-state index in [1.807, 2.05) is 75.4 Å². The van der Waals surface area contributed by atoms with Crippen molar-refractivity contribution in [2.24, 2.45) is 0 Å². The van der Waals surface area contributed by atoms with E-state index in [1.54, 1.807) is 4.90 Å². The van der Waals surface area contributed by atoms with Gasteiger partial charge in [0, 0.05) is 31.1 Å². The predicted molar refractivity (Wildman–Crippen MR) is 149 cm³/mol. The Hall–Kier alpha value is -4.40. The monoisotopic (exact) mass is 533 g/mol. The maximum absolute atomic E-state index is 13.7. The largest absolute Gasteiger partial charge is 0.490 e. The summed E-state index contributed by atoms with van der Waals surface area (Å²) in [5.41, 5.74) is 2.63. The molecule has 0 fully saturated rings. The van der Waals surface area contributed by atoms with Gasteiger partial charge in [-0.1, -0.05) is 61.5 Å². The Bertz CT molecular complexity index is 1280. The lowest BCUT2D eigenvalue weighted by molar-refractivity contribution is -0.385. The minimum atomic E-state index is -0.788. The molecule has 39 heavy (non-hydrogen) atoms. The zero-order valence-corrected chi connectivity index (χ0v) is 22.8. The number of hydrogen-bond donors (Lipinski definition) is 1. The van der Waals surface area contributed by atoms with Crippen LogP contribution in [0.3, 0.4) is 0 Å². The van der Waals surface area contributed by atoms with Crippen LogP contribution in [-0.4, -0.2) is 47.4 Å². The minimum Gasteiger partial charge on any atom is -0.490 e. The Balaban J connectivity index is 1.93. The first-order chi connectivity index (χ1) is 18.7. The zero-order chi connectivity index (χ0) is 28.4. The van der Waals surface area contributed by atoms with Gasteiger partial charge in [-0.25, -0.2) is 0 Å². The van der Waals surface area contributed by atoms with Gasteiger partial charge in [0.1, 0.15) is 11.8 Å². The number of aryl methyl sites for hydroxylation is 1. The smallest absolute Gasteiger partial charge is 0.311 e. The molecule has 0 aliphatic heterocycles. The van der Waals surface area contributed by atoms with E-state index in [2.05, 4.69) is 5.32 Å². The second-order valence-electron chi connectivity index (χ2n) is 9.35. The van der Waals surface area contributed by atoms with Crippen molar-refractivity contribution < 1.29 is 24.0 Å². The van der Waals surface area contributed by atoms with Gasteiger partial charge in [-0.15, -0.1) is 0 Å². The summed E-state index contributed by atoms with van der Waals surface area (Å²) in [5, 5.41) is 14.3. The minimum absolute atomic E-state index is 0.0246. The fraction of sp³-hybridized carbons (Fsp3) is 0.333. The van der Waals surface area contributed by atoms with Gasteiger partial charge in [0.25, 0.3) is 5.91 Å². The van der Waals surface area contributed by atoms with Crippen LogP contribution < -0.4 is 14.8 Å². The number of nitrogens with one attached hydrogen (secondary N) is 1. The van der Waals surface area contributed by atoms with Gasteiger partial charge in [-0.2, -0.15) is 0 Å². The van der Waals surface area contributed by atoms with E-state index in [9.17, 15) is 19.7 Å². The van der Waals surface area contributed by atoms with Gasteiger partial charge < -0.3 is 19.7 Å². The van der Waals surface area contributed by atoms with E-state index >= 15 is 0 Å². The number of methoxy groups -OCH3 is 1. The molecule has 3 aromatic carbocycles. The van der Waals surface area contributed by atoms with Crippen LogP contribution in [0.2, 0.25) is 0 Å². The molecule has 206 valence electrons. The number of ether oxygens (including phenoxy) is 2. The first-order valence-electron chi connectivity index (χ1n) is 12.9. The summed E-state index contributed by atoms with van der Waals surface area (Å²) in [5.74, 6) is -0.371. The van der Waals surface area contributed by atoms with Crippen LogP contribution >= 0.6 is 0 Å². The van der Waals surface area contributed by atoms with E-state index in [4.69, 9.17) is 9.47 Å². The maximum Gasteiger partial charge on any atom is 0.311 e. The Morgan fingerprint density at radius 3 is 2.38 bits per heavy atom. The lowest BCUT2D eigenvalue weighted by Gasteiger charge is -2.32. The van der Waals surface area contributed by atoms with E-state index in [1.165, 1.54) is 25.3 Å². The van der Waals surface area contributed by atoms with Crippen LogP contribution in [-0.2, 0) is 22.6 Å². The third-order valence-electron chi connectivity index (χ3n) is 6.58. The lowest BCUT2D eigenvalue weighted by atomic mass is 10.0. The van der Waals surface area contributed by atoms with Crippen LogP contribution in [0.4, 0.5) is 5.69 Å². The molecule has 3 rings (SSSR count). The molecule has 0 saturated heterocycles. The number of nitrogens with zero attached hydrogens (tertiary/aromatic N) is 2. The summed E-state index contributed by atoms with van der Waals surface area (Å²) in [6, 6.07) is 20.5.